The molecule has 0 heterocycles. The highest BCUT2D eigenvalue weighted by molar-refractivity contribution is 5.16. The molecule has 0 bridgehead atoms. The molecule has 0 aromatic heterocycles. The fraction of sp³-hybridized carbons (Fsp3) is 0.538. The third-order valence-electron chi connectivity index (χ3n) is 2.77. The molecule has 3 nitrogen and oxygen atoms in total. The van der Waals surface area contributed by atoms with Crippen molar-refractivity contribution < 1.29 is 28.1 Å². The lowest BCUT2D eigenvalue weighted by atomic mass is 9.84. The zero-order chi connectivity index (χ0) is 14.4. The third-order valence-corrected chi connectivity index (χ3v) is 2.77. The van der Waals surface area contributed by atoms with Gasteiger partial charge in [-0.1, -0.05) is 30.3 Å². The predicted molar refractivity (Wildman–Crippen MR) is 63.6 cm³/mol. The van der Waals surface area contributed by atoms with Crippen LogP contribution in [0, 0.1) is 5.41 Å². The van der Waals surface area contributed by atoms with Crippen LogP contribution in [0.4, 0.5) is 13.2 Å². The lowest BCUT2D eigenvalue weighted by Crippen LogP contribution is -2.38. The number of rotatable bonds is 7. The third kappa shape index (κ3) is 5.59. The number of hydrogen-bond donors (Lipinski definition) is 2. The van der Waals surface area contributed by atoms with Gasteiger partial charge in [0.25, 0.3) is 0 Å². The van der Waals surface area contributed by atoms with Gasteiger partial charge in [-0.25, -0.2) is 0 Å². The molecule has 0 aliphatic heterocycles. The minimum absolute atomic E-state index is 0.249. The number of aliphatic hydroxyl groups excluding tert-OH is 2. The van der Waals surface area contributed by atoms with Crippen LogP contribution in [0.15, 0.2) is 30.3 Å². The van der Waals surface area contributed by atoms with Crippen LogP contribution < -0.4 is 0 Å². The van der Waals surface area contributed by atoms with Gasteiger partial charge in [-0.2, -0.15) is 13.2 Å². The van der Waals surface area contributed by atoms with Crippen LogP contribution in [0.25, 0.3) is 0 Å². The summed E-state index contributed by atoms with van der Waals surface area (Å²) in [7, 11) is 0. The smallest absolute Gasteiger partial charge is 0.396 e. The van der Waals surface area contributed by atoms with Crippen LogP contribution in [-0.2, 0) is 11.2 Å². The highest BCUT2D eigenvalue weighted by atomic mass is 19.4. The first-order valence-electron chi connectivity index (χ1n) is 5.81. The first-order chi connectivity index (χ1) is 8.91. The molecule has 0 amide bonds. The summed E-state index contributed by atoms with van der Waals surface area (Å²) in [6.07, 6.45) is -4.16. The summed E-state index contributed by atoms with van der Waals surface area (Å²) >= 11 is 0. The van der Waals surface area contributed by atoms with E-state index in [0.29, 0.717) is 0 Å². The van der Waals surface area contributed by atoms with Gasteiger partial charge >= 0.3 is 6.18 Å². The van der Waals surface area contributed by atoms with Gasteiger partial charge in [0.05, 0.1) is 19.8 Å². The second-order valence-corrected chi connectivity index (χ2v) is 4.59. The van der Waals surface area contributed by atoms with E-state index in [9.17, 15) is 23.4 Å². The van der Waals surface area contributed by atoms with Crippen LogP contribution in [0.2, 0.25) is 0 Å². The SMILES string of the molecule is OCC(CO)(COCC(F)(F)F)Cc1ccccc1. The topological polar surface area (TPSA) is 49.7 Å². The normalized spacial score (nSPS) is 12.7. The van der Waals surface area contributed by atoms with Gasteiger partial charge in [0.2, 0.25) is 0 Å². The van der Waals surface area contributed by atoms with Crippen molar-refractivity contribution in [1.82, 2.24) is 0 Å². The van der Waals surface area contributed by atoms with Gasteiger partial charge in [0.1, 0.15) is 6.61 Å². The minimum Gasteiger partial charge on any atom is -0.396 e. The summed E-state index contributed by atoms with van der Waals surface area (Å²) in [5, 5.41) is 18.7. The minimum atomic E-state index is -4.41. The Morgan fingerprint density at radius 3 is 2.00 bits per heavy atom. The van der Waals surface area contributed by atoms with E-state index in [1.807, 2.05) is 6.07 Å². The standard InChI is InChI=1S/C13H17F3O3/c14-13(15,16)10-19-9-12(7-17,8-18)6-11-4-2-1-3-5-11/h1-5,17-18H,6-10H2. The van der Waals surface area contributed by atoms with Crippen molar-refractivity contribution in [3.63, 3.8) is 0 Å². The first kappa shape index (κ1) is 15.9. The molecule has 2 N–H and O–H groups in total. The van der Waals surface area contributed by atoms with E-state index < -0.39 is 31.4 Å². The molecular weight excluding hydrogens is 261 g/mol. The Labute approximate surface area is 109 Å². The zero-order valence-electron chi connectivity index (χ0n) is 10.4. The van der Waals surface area contributed by atoms with E-state index in [-0.39, 0.29) is 13.0 Å². The first-order valence-corrected chi connectivity index (χ1v) is 5.81. The van der Waals surface area contributed by atoms with Crippen LogP contribution in [0.5, 0.6) is 0 Å². The van der Waals surface area contributed by atoms with E-state index in [1.54, 1.807) is 24.3 Å². The molecule has 0 aliphatic carbocycles. The summed E-state index contributed by atoms with van der Waals surface area (Å²) in [6, 6.07) is 8.94. The van der Waals surface area contributed by atoms with Gasteiger partial charge in [-0.15, -0.1) is 0 Å². The van der Waals surface area contributed by atoms with Crippen molar-refractivity contribution in [2.45, 2.75) is 12.6 Å². The van der Waals surface area contributed by atoms with E-state index >= 15 is 0 Å². The molecular formula is C13H17F3O3. The monoisotopic (exact) mass is 278 g/mol. The largest absolute Gasteiger partial charge is 0.411 e. The highest BCUT2D eigenvalue weighted by Gasteiger charge is 2.33. The van der Waals surface area contributed by atoms with Crippen molar-refractivity contribution in [3.8, 4) is 0 Å². The molecule has 1 aromatic rings. The number of hydrogen-bond acceptors (Lipinski definition) is 3. The number of halogens is 3. The molecule has 0 saturated carbocycles. The average Bonchev–Trinajstić information content (AvgIpc) is 2.37. The Hall–Kier alpha value is -1.11. The summed E-state index contributed by atoms with van der Waals surface area (Å²) in [4.78, 5) is 0. The number of aliphatic hydroxyl groups is 2. The van der Waals surface area contributed by atoms with E-state index in [4.69, 9.17) is 0 Å². The Kier molecular flexibility index (Phi) is 5.78. The second-order valence-electron chi connectivity index (χ2n) is 4.59. The van der Waals surface area contributed by atoms with Crippen molar-refractivity contribution in [2.24, 2.45) is 5.41 Å². The fourth-order valence-corrected chi connectivity index (χ4v) is 1.72. The maximum absolute atomic E-state index is 12.0. The Morgan fingerprint density at radius 2 is 1.53 bits per heavy atom. The Morgan fingerprint density at radius 1 is 0.947 bits per heavy atom. The molecule has 1 aromatic carbocycles. The molecule has 0 atom stereocenters. The number of ether oxygens (including phenoxy) is 1. The van der Waals surface area contributed by atoms with Gasteiger partial charge in [0, 0.05) is 5.41 Å². The van der Waals surface area contributed by atoms with Crippen molar-refractivity contribution in [2.75, 3.05) is 26.4 Å². The van der Waals surface area contributed by atoms with Crippen LogP contribution in [0.1, 0.15) is 5.56 Å². The number of alkyl halides is 3. The van der Waals surface area contributed by atoms with Crippen molar-refractivity contribution >= 4 is 0 Å². The predicted octanol–water partition coefficient (Wildman–Crippen LogP) is 1.78. The van der Waals surface area contributed by atoms with E-state index in [0.717, 1.165) is 5.56 Å². The quantitative estimate of drug-likeness (QED) is 0.799. The molecule has 0 aliphatic rings. The zero-order valence-corrected chi connectivity index (χ0v) is 10.4. The van der Waals surface area contributed by atoms with Crippen molar-refractivity contribution in [3.05, 3.63) is 35.9 Å². The summed E-state index contributed by atoms with van der Waals surface area (Å²) in [5.74, 6) is 0. The lowest BCUT2D eigenvalue weighted by molar-refractivity contribution is -0.184. The van der Waals surface area contributed by atoms with Crippen LogP contribution in [0.3, 0.4) is 0 Å². The van der Waals surface area contributed by atoms with E-state index in [2.05, 4.69) is 4.74 Å². The second kappa shape index (κ2) is 6.88. The molecule has 0 spiro atoms. The Balaban J connectivity index is 2.63. The highest BCUT2D eigenvalue weighted by Crippen LogP contribution is 2.24. The van der Waals surface area contributed by atoms with Gasteiger partial charge in [-0.05, 0) is 12.0 Å². The van der Waals surface area contributed by atoms with Crippen LogP contribution in [-0.4, -0.2) is 42.8 Å². The number of benzene rings is 1. The molecule has 19 heavy (non-hydrogen) atoms. The summed E-state index contributed by atoms with van der Waals surface area (Å²) < 4.78 is 40.6. The summed E-state index contributed by atoms with van der Waals surface area (Å²) in [5.41, 5.74) is -0.284. The maximum Gasteiger partial charge on any atom is 0.411 e. The summed E-state index contributed by atoms with van der Waals surface area (Å²) in [6.45, 7) is -2.63. The molecule has 0 radical (unpaired) electrons. The maximum atomic E-state index is 12.0. The molecule has 0 saturated heterocycles. The lowest BCUT2D eigenvalue weighted by Gasteiger charge is -2.29. The molecule has 108 valence electrons. The van der Waals surface area contributed by atoms with Crippen LogP contribution >= 0.6 is 0 Å². The fourth-order valence-electron chi connectivity index (χ4n) is 1.72. The van der Waals surface area contributed by atoms with Gasteiger partial charge < -0.3 is 14.9 Å². The van der Waals surface area contributed by atoms with Crippen molar-refractivity contribution in [1.29, 1.82) is 0 Å². The van der Waals surface area contributed by atoms with E-state index in [1.165, 1.54) is 0 Å². The molecule has 6 heteroatoms. The molecule has 1 rings (SSSR count). The Bertz CT molecular complexity index is 361. The average molecular weight is 278 g/mol. The van der Waals surface area contributed by atoms with Gasteiger partial charge in [-0.3, -0.25) is 0 Å². The molecule has 0 fully saturated rings. The van der Waals surface area contributed by atoms with Gasteiger partial charge in [0.15, 0.2) is 0 Å². The molecule has 0 unspecified atom stereocenters.